The van der Waals surface area contributed by atoms with Crippen LogP contribution in [0.25, 0.3) is 0 Å². The van der Waals surface area contributed by atoms with Crippen LogP contribution in [0.1, 0.15) is 52.9 Å². The topological polar surface area (TPSA) is 45.4 Å². The second-order valence-electron chi connectivity index (χ2n) is 5.78. The van der Waals surface area contributed by atoms with Gasteiger partial charge in [0.15, 0.2) is 13.1 Å². The average molecular weight is 224 g/mol. The van der Waals surface area contributed by atoms with Crippen molar-refractivity contribution in [2.75, 3.05) is 6.73 Å². The highest BCUT2D eigenvalue weighted by Gasteiger charge is 2.24. The van der Waals surface area contributed by atoms with Crippen LogP contribution in [0.5, 0.6) is 0 Å². The molecule has 0 amide bonds. The van der Waals surface area contributed by atoms with Crippen molar-refractivity contribution in [1.29, 1.82) is 5.41 Å². The van der Waals surface area contributed by atoms with Crippen LogP contribution in [0.2, 0.25) is 0 Å². The molecule has 0 bridgehead atoms. The van der Waals surface area contributed by atoms with Crippen molar-refractivity contribution in [3.63, 3.8) is 0 Å². The molecule has 0 atom stereocenters. The molecule has 1 N–H and O–H groups in total. The largest absolute Gasteiger partial charge is 0.461 e. The minimum absolute atomic E-state index is 0.284. The summed E-state index contributed by atoms with van der Waals surface area (Å²) in [7, 11) is 0. The summed E-state index contributed by atoms with van der Waals surface area (Å²) in [6.45, 7) is 7.05. The molecule has 1 saturated carbocycles. The molecule has 3 nitrogen and oxygen atoms in total. The van der Waals surface area contributed by atoms with Gasteiger partial charge in [-0.05, 0) is 30.6 Å². The lowest BCUT2D eigenvalue weighted by atomic mass is 9.84. The van der Waals surface area contributed by atoms with Gasteiger partial charge in [0.05, 0.1) is 0 Å². The van der Waals surface area contributed by atoms with E-state index in [9.17, 15) is 0 Å². The Morgan fingerprint density at radius 1 is 1.38 bits per heavy atom. The van der Waals surface area contributed by atoms with E-state index in [0.29, 0.717) is 12.6 Å². The van der Waals surface area contributed by atoms with Crippen LogP contribution in [0.4, 0.5) is 0 Å². The predicted molar refractivity (Wildman–Crippen MR) is 68.2 cm³/mol. The molecule has 0 radical (unpaired) electrons. The van der Waals surface area contributed by atoms with Crippen LogP contribution in [-0.2, 0) is 4.74 Å². The molecule has 1 aliphatic rings. The third-order valence-electron chi connectivity index (χ3n) is 2.96. The van der Waals surface area contributed by atoms with Crippen molar-refractivity contribution in [3.8, 4) is 0 Å². The van der Waals surface area contributed by atoms with Crippen LogP contribution in [0.15, 0.2) is 4.99 Å². The van der Waals surface area contributed by atoms with Crippen molar-refractivity contribution >= 4 is 12.1 Å². The Kier molecular flexibility index (Phi) is 4.97. The van der Waals surface area contributed by atoms with Crippen LogP contribution in [0.3, 0.4) is 0 Å². The van der Waals surface area contributed by atoms with Crippen molar-refractivity contribution in [2.45, 2.75) is 52.9 Å². The van der Waals surface area contributed by atoms with Crippen molar-refractivity contribution in [2.24, 2.45) is 16.3 Å². The van der Waals surface area contributed by atoms with Gasteiger partial charge in [0.1, 0.15) is 0 Å². The van der Waals surface area contributed by atoms with E-state index in [1.807, 2.05) is 0 Å². The van der Waals surface area contributed by atoms with Gasteiger partial charge in [-0.25, -0.2) is 0 Å². The van der Waals surface area contributed by atoms with Gasteiger partial charge >= 0.3 is 0 Å². The van der Waals surface area contributed by atoms with Gasteiger partial charge in [-0.3, -0.25) is 10.4 Å². The molecule has 0 unspecified atom stereocenters. The van der Waals surface area contributed by atoms with E-state index >= 15 is 0 Å². The number of ether oxygens (including phenoxy) is 1. The molecule has 0 aromatic rings. The number of rotatable bonds is 5. The van der Waals surface area contributed by atoms with Crippen LogP contribution < -0.4 is 0 Å². The van der Waals surface area contributed by atoms with E-state index in [1.165, 1.54) is 31.4 Å². The number of nitrogens with one attached hydrogen (secondary N) is 1. The molecule has 0 spiro atoms. The summed E-state index contributed by atoms with van der Waals surface area (Å²) in [5.74, 6) is 0.661. The first-order valence-corrected chi connectivity index (χ1v) is 6.17. The lowest BCUT2D eigenvalue weighted by Crippen LogP contribution is -2.20. The molecule has 92 valence electrons. The van der Waals surface area contributed by atoms with E-state index in [4.69, 9.17) is 10.1 Å². The monoisotopic (exact) mass is 224 g/mol. The Morgan fingerprint density at radius 2 is 2.00 bits per heavy atom. The quantitative estimate of drug-likeness (QED) is 0.432. The zero-order chi connectivity index (χ0) is 12.0. The zero-order valence-electron chi connectivity index (χ0n) is 10.8. The number of nitrogens with zero attached hydrogens (tertiary/aromatic N) is 1. The molecule has 0 aromatic carbocycles. The molecule has 1 fully saturated rings. The highest BCUT2D eigenvalue weighted by atomic mass is 16.5. The lowest BCUT2D eigenvalue weighted by molar-refractivity contribution is 0.328. The van der Waals surface area contributed by atoms with Gasteiger partial charge in [-0.2, -0.15) is 0 Å². The summed E-state index contributed by atoms with van der Waals surface area (Å²) < 4.78 is 4.89. The van der Waals surface area contributed by atoms with Crippen molar-refractivity contribution in [3.05, 3.63) is 0 Å². The summed E-state index contributed by atoms with van der Waals surface area (Å²) in [6.07, 6.45) is 7.23. The number of hydrogen-bond acceptors (Lipinski definition) is 3. The molecule has 16 heavy (non-hydrogen) atoms. The minimum atomic E-state index is 0.284. The number of aliphatic imine (C=N–C) groups is 1. The third kappa shape index (κ3) is 4.77. The molecule has 0 heterocycles. The summed E-state index contributed by atoms with van der Waals surface area (Å²) >= 11 is 0. The Balaban J connectivity index is 2.60. The fourth-order valence-corrected chi connectivity index (χ4v) is 2.29. The van der Waals surface area contributed by atoms with E-state index in [0.717, 1.165) is 12.8 Å². The lowest BCUT2D eigenvalue weighted by Gasteiger charge is -2.23. The average Bonchev–Trinajstić information content (AvgIpc) is 2.67. The smallest absolute Gasteiger partial charge is 0.180 e. The van der Waals surface area contributed by atoms with E-state index in [1.54, 1.807) is 0 Å². The maximum atomic E-state index is 6.82. The fourth-order valence-electron chi connectivity index (χ4n) is 2.29. The maximum absolute atomic E-state index is 6.82. The van der Waals surface area contributed by atoms with Crippen LogP contribution in [0, 0.1) is 16.7 Å². The van der Waals surface area contributed by atoms with Crippen LogP contribution in [-0.4, -0.2) is 18.8 Å². The SMILES string of the molecule is CC(C)(C)C/C(=N\COC=N)C1CCCC1. The second-order valence-corrected chi connectivity index (χ2v) is 5.78. The first-order chi connectivity index (χ1) is 7.53. The Morgan fingerprint density at radius 3 is 2.50 bits per heavy atom. The van der Waals surface area contributed by atoms with E-state index in [2.05, 4.69) is 25.8 Å². The standard InChI is InChI=1S/C13H24N2O/c1-13(2,3)8-12(15-10-16-9-14)11-6-4-5-7-11/h9,11,14H,4-8,10H2,1-3H3/b14-9?,15-12+. The maximum Gasteiger partial charge on any atom is 0.180 e. The van der Waals surface area contributed by atoms with Crippen LogP contribution >= 0.6 is 0 Å². The molecule has 0 aromatic heterocycles. The normalized spacial score (nSPS) is 18.8. The summed E-state index contributed by atoms with van der Waals surface area (Å²) in [6, 6.07) is 0. The van der Waals surface area contributed by atoms with Crippen molar-refractivity contribution in [1.82, 2.24) is 0 Å². The van der Waals surface area contributed by atoms with E-state index in [-0.39, 0.29) is 5.41 Å². The molecule has 1 rings (SSSR count). The predicted octanol–water partition coefficient (Wildman–Crippen LogP) is 3.63. The second kappa shape index (κ2) is 6.02. The van der Waals surface area contributed by atoms with Crippen molar-refractivity contribution < 1.29 is 4.74 Å². The highest BCUT2D eigenvalue weighted by Crippen LogP contribution is 2.31. The zero-order valence-corrected chi connectivity index (χ0v) is 10.8. The first-order valence-electron chi connectivity index (χ1n) is 6.17. The van der Waals surface area contributed by atoms with Gasteiger partial charge in [-0.15, -0.1) is 0 Å². The summed E-state index contributed by atoms with van der Waals surface area (Å²) in [5.41, 5.74) is 1.58. The highest BCUT2D eigenvalue weighted by molar-refractivity contribution is 5.87. The third-order valence-corrected chi connectivity index (χ3v) is 2.96. The molecule has 0 aliphatic heterocycles. The van der Waals surface area contributed by atoms with Gasteiger partial charge in [0.2, 0.25) is 0 Å². The molecular weight excluding hydrogens is 200 g/mol. The van der Waals surface area contributed by atoms with Gasteiger partial charge in [-0.1, -0.05) is 33.6 Å². The van der Waals surface area contributed by atoms with Gasteiger partial charge in [0, 0.05) is 5.71 Å². The van der Waals surface area contributed by atoms with Gasteiger partial charge in [0.25, 0.3) is 0 Å². The fraction of sp³-hybridized carbons (Fsp3) is 0.846. The summed E-state index contributed by atoms with van der Waals surface area (Å²) in [4.78, 5) is 4.52. The van der Waals surface area contributed by atoms with Gasteiger partial charge < -0.3 is 4.74 Å². The minimum Gasteiger partial charge on any atom is -0.461 e. The number of hydrogen-bond donors (Lipinski definition) is 1. The molecular formula is C13H24N2O. The first kappa shape index (κ1) is 13.2. The molecule has 3 heteroatoms. The summed E-state index contributed by atoms with van der Waals surface area (Å²) in [5, 5.41) is 6.82. The Bertz CT molecular complexity index is 247. The molecule has 0 saturated heterocycles. The molecule has 1 aliphatic carbocycles. The Labute approximate surface area is 98.8 Å². The van der Waals surface area contributed by atoms with E-state index < -0.39 is 0 Å². The Hall–Kier alpha value is -0.860.